The Morgan fingerprint density at radius 2 is 1.81 bits per heavy atom. The molecular weight excluding hydrogens is 540 g/mol. The van der Waals surface area contributed by atoms with E-state index in [1.165, 1.54) is 12.5 Å². The highest BCUT2D eigenvalue weighted by Crippen LogP contribution is 2.67. The number of amides is 1. The second-order valence-electron chi connectivity index (χ2n) is 12.5. The minimum Gasteiger partial charge on any atom is -0.504 e. The van der Waals surface area contributed by atoms with Crippen molar-refractivity contribution in [2.75, 3.05) is 20.1 Å². The maximum atomic E-state index is 13.5. The van der Waals surface area contributed by atoms with Gasteiger partial charge in [0.25, 0.3) is 0 Å². The molecule has 2 heterocycles. The quantitative estimate of drug-likeness (QED) is 0.318. The number of carbonyl (C=O) groups excluding carboxylic acids is 2. The van der Waals surface area contributed by atoms with Crippen LogP contribution in [0.3, 0.4) is 0 Å². The summed E-state index contributed by atoms with van der Waals surface area (Å²) in [5.41, 5.74) is 2.84. The van der Waals surface area contributed by atoms with Gasteiger partial charge in [0.15, 0.2) is 11.5 Å². The van der Waals surface area contributed by atoms with Gasteiger partial charge in [0.2, 0.25) is 5.91 Å². The van der Waals surface area contributed by atoms with Gasteiger partial charge in [-0.25, -0.2) is 0 Å². The zero-order valence-electron chi connectivity index (χ0n) is 24.7. The Kier molecular flexibility index (Phi) is 6.81. The summed E-state index contributed by atoms with van der Waals surface area (Å²) in [4.78, 5) is 30.8. The number of hydrogen-bond donors (Lipinski definition) is 1. The summed E-state index contributed by atoms with van der Waals surface area (Å²) in [6.45, 7) is 3.16. The molecule has 2 aliphatic carbocycles. The minimum absolute atomic E-state index is 0.0390. The molecule has 0 aromatic heterocycles. The zero-order valence-corrected chi connectivity index (χ0v) is 24.7. The Morgan fingerprint density at radius 3 is 2.56 bits per heavy atom. The molecule has 1 saturated carbocycles. The summed E-state index contributed by atoms with van der Waals surface area (Å²) in [6, 6.07) is 23.7. The summed E-state index contributed by atoms with van der Waals surface area (Å²) in [7, 11) is 1.83. The van der Waals surface area contributed by atoms with Crippen molar-refractivity contribution in [3.63, 3.8) is 0 Å². The third-order valence-electron chi connectivity index (χ3n) is 10.4. The number of likely N-dealkylation sites (N-methyl/N-ethyl adjacent to an activating group) is 1. The van der Waals surface area contributed by atoms with E-state index >= 15 is 0 Å². The molecule has 1 saturated heterocycles. The second-order valence-corrected chi connectivity index (χ2v) is 12.5. The molecule has 43 heavy (non-hydrogen) atoms. The van der Waals surface area contributed by atoms with Gasteiger partial charge < -0.3 is 19.5 Å². The molecule has 1 amide bonds. The largest absolute Gasteiger partial charge is 0.504 e. The van der Waals surface area contributed by atoms with E-state index in [9.17, 15) is 14.7 Å². The number of esters is 1. The number of phenols is 1. The molecule has 0 radical (unpaired) electrons. The first-order chi connectivity index (χ1) is 20.8. The summed E-state index contributed by atoms with van der Waals surface area (Å²) < 4.78 is 13.3. The van der Waals surface area contributed by atoms with E-state index in [4.69, 9.17) is 9.47 Å². The van der Waals surface area contributed by atoms with E-state index in [0.29, 0.717) is 31.4 Å². The molecule has 1 spiro atoms. The van der Waals surface area contributed by atoms with E-state index in [0.717, 1.165) is 36.2 Å². The van der Waals surface area contributed by atoms with Gasteiger partial charge >= 0.3 is 5.97 Å². The number of likely N-dealkylation sites (tertiary alicyclic amines) is 1. The average Bonchev–Trinajstić information content (AvgIpc) is 3.37. The topological polar surface area (TPSA) is 79.3 Å². The molecule has 2 aliphatic heterocycles. The fourth-order valence-electron chi connectivity index (χ4n) is 8.63. The van der Waals surface area contributed by atoms with E-state index < -0.39 is 17.1 Å². The molecule has 7 heteroatoms. The minimum atomic E-state index is -0.829. The Balaban J connectivity index is 1.28. The molecule has 5 atom stereocenters. The van der Waals surface area contributed by atoms with Crippen molar-refractivity contribution in [1.29, 1.82) is 0 Å². The van der Waals surface area contributed by atoms with Crippen molar-refractivity contribution in [2.24, 2.45) is 0 Å². The highest BCUT2D eigenvalue weighted by atomic mass is 16.6. The summed E-state index contributed by atoms with van der Waals surface area (Å²) in [5.74, 6) is 0.171. The first-order valence-electron chi connectivity index (χ1n) is 15.3. The van der Waals surface area contributed by atoms with Crippen molar-refractivity contribution in [1.82, 2.24) is 9.80 Å². The lowest BCUT2D eigenvalue weighted by Crippen LogP contribution is -2.79. The van der Waals surface area contributed by atoms with Crippen LogP contribution in [-0.4, -0.2) is 70.7 Å². The maximum absolute atomic E-state index is 13.5. The Bertz CT molecular complexity index is 1570. The highest BCUT2D eigenvalue weighted by molar-refractivity contribution is 5.92. The van der Waals surface area contributed by atoms with Crippen LogP contribution in [0.5, 0.6) is 11.5 Å². The van der Waals surface area contributed by atoms with Gasteiger partial charge in [0, 0.05) is 32.2 Å². The monoisotopic (exact) mass is 578 g/mol. The van der Waals surface area contributed by atoms with Crippen molar-refractivity contribution in [3.8, 4) is 11.5 Å². The van der Waals surface area contributed by atoms with E-state index in [2.05, 4.69) is 29.2 Å². The van der Waals surface area contributed by atoms with E-state index in [1.54, 1.807) is 17.0 Å². The molecule has 3 aromatic rings. The van der Waals surface area contributed by atoms with Gasteiger partial charge in [-0.15, -0.1) is 0 Å². The number of phenolic OH excluding ortho intramolecular Hbond substituents is 1. The normalized spacial score (nSPS) is 28.7. The lowest BCUT2D eigenvalue weighted by Gasteiger charge is -2.65. The van der Waals surface area contributed by atoms with Crippen molar-refractivity contribution in [2.45, 2.75) is 68.2 Å². The summed E-state index contributed by atoms with van der Waals surface area (Å²) in [5, 5.41) is 11.0. The van der Waals surface area contributed by atoms with Crippen LogP contribution in [0.2, 0.25) is 0 Å². The molecule has 3 aromatic carbocycles. The standard InChI is InChI=1S/C36H38N2O5/c1-24(39)43-36-19-17-28(37(2)31(41)16-13-25-9-5-3-6-10-25)34-35(36)20-22-38(21-18-26-11-7-4-8-12-26)30(36)23-27-14-15-29(40)33(42-34)32(27)35/h3-16,28,30,34,40H,17-23H2,1-2H3/t28-,30-,34+,35+,36-/m1/s1. The van der Waals surface area contributed by atoms with Crippen molar-refractivity contribution < 1.29 is 24.2 Å². The predicted octanol–water partition coefficient (Wildman–Crippen LogP) is 4.90. The molecule has 7 nitrogen and oxygen atoms in total. The third kappa shape index (κ3) is 4.27. The van der Waals surface area contributed by atoms with Crippen LogP contribution in [0.4, 0.5) is 0 Å². The zero-order chi connectivity index (χ0) is 29.8. The van der Waals surface area contributed by atoms with Gasteiger partial charge in [0.05, 0.1) is 17.5 Å². The smallest absolute Gasteiger partial charge is 0.303 e. The molecule has 0 unspecified atom stereocenters. The number of ether oxygens (including phenoxy) is 2. The first-order valence-corrected chi connectivity index (χ1v) is 15.3. The number of rotatable bonds is 7. The third-order valence-corrected chi connectivity index (χ3v) is 10.4. The SMILES string of the molecule is CC(=O)O[C@@]12CC[C@@H](N(C)C(=O)C=Cc3ccccc3)[C@@H]3Oc4c(O)ccc5c4[C@@]31CCN(CCc1ccccc1)[C@@H]2C5. The van der Waals surface area contributed by atoms with Gasteiger partial charge in [-0.1, -0.05) is 66.7 Å². The van der Waals surface area contributed by atoms with E-state index in [1.807, 2.05) is 55.6 Å². The van der Waals surface area contributed by atoms with Gasteiger partial charge in [-0.05, 0) is 67.5 Å². The van der Waals surface area contributed by atoms with Crippen molar-refractivity contribution >= 4 is 18.0 Å². The number of carbonyl (C=O) groups is 2. The number of hydrogen-bond acceptors (Lipinski definition) is 6. The van der Waals surface area contributed by atoms with Crippen molar-refractivity contribution in [3.05, 3.63) is 101 Å². The lowest BCUT2D eigenvalue weighted by atomic mass is 9.48. The molecule has 4 aliphatic rings. The lowest BCUT2D eigenvalue weighted by molar-refractivity contribution is -0.223. The molecule has 1 N–H and O–H groups in total. The van der Waals surface area contributed by atoms with Crippen LogP contribution < -0.4 is 4.74 Å². The Morgan fingerprint density at radius 1 is 1.07 bits per heavy atom. The second kappa shape index (κ2) is 10.6. The fourth-order valence-corrected chi connectivity index (χ4v) is 8.63. The summed E-state index contributed by atoms with van der Waals surface area (Å²) >= 11 is 0. The van der Waals surface area contributed by atoms with Gasteiger partial charge in [0.1, 0.15) is 11.7 Å². The number of nitrogens with zero attached hydrogens (tertiary/aromatic N) is 2. The molecule has 222 valence electrons. The Hall–Kier alpha value is -4.10. The molecular formula is C36H38N2O5. The highest BCUT2D eigenvalue weighted by Gasteiger charge is 2.75. The Labute approximate surface area is 252 Å². The van der Waals surface area contributed by atoms with Crippen LogP contribution in [0, 0.1) is 0 Å². The van der Waals surface area contributed by atoms with Gasteiger partial charge in [-0.2, -0.15) is 0 Å². The van der Waals surface area contributed by atoms with Crippen LogP contribution in [0.1, 0.15) is 48.4 Å². The summed E-state index contributed by atoms with van der Waals surface area (Å²) in [6.07, 6.45) is 6.54. The predicted molar refractivity (Wildman–Crippen MR) is 164 cm³/mol. The fraction of sp³-hybridized carbons (Fsp3) is 0.389. The van der Waals surface area contributed by atoms with E-state index in [-0.39, 0.29) is 29.7 Å². The number of benzene rings is 3. The average molecular weight is 579 g/mol. The first kappa shape index (κ1) is 27.7. The molecule has 2 bridgehead atoms. The maximum Gasteiger partial charge on any atom is 0.303 e. The number of aromatic hydroxyl groups is 1. The van der Waals surface area contributed by atoms with Crippen LogP contribution in [0.25, 0.3) is 6.08 Å². The molecule has 7 rings (SSSR count). The van der Waals surface area contributed by atoms with Crippen LogP contribution >= 0.6 is 0 Å². The van der Waals surface area contributed by atoms with Gasteiger partial charge in [-0.3, -0.25) is 14.5 Å². The van der Waals surface area contributed by atoms with Crippen LogP contribution in [0.15, 0.2) is 78.9 Å². The van der Waals surface area contributed by atoms with Crippen LogP contribution in [-0.2, 0) is 32.6 Å². The molecule has 2 fully saturated rings. The number of piperidine rings is 1.